The van der Waals surface area contributed by atoms with E-state index in [1.54, 1.807) is 0 Å². The van der Waals surface area contributed by atoms with Crippen molar-refractivity contribution in [2.45, 2.75) is 26.3 Å². The van der Waals surface area contributed by atoms with Gasteiger partial charge in [-0.2, -0.15) is 0 Å². The van der Waals surface area contributed by atoms with E-state index >= 15 is 0 Å². The largest absolute Gasteiger partial charge is 0.352 e. The van der Waals surface area contributed by atoms with Crippen LogP contribution in [0.25, 0.3) is 0 Å². The van der Waals surface area contributed by atoms with Crippen LogP contribution in [0.15, 0.2) is 17.0 Å². The van der Waals surface area contributed by atoms with Gasteiger partial charge in [0.1, 0.15) is 0 Å². The Morgan fingerprint density at radius 2 is 2.27 bits per heavy atom. The van der Waals surface area contributed by atoms with Gasteiger partial charge in [-0.05, 0) is 20.8 Å². The molecule has 0 fully saturated rings. The normalized spacial score (nSPS) is 15.7. The molecule has 1 heterocycles. The van der Waals surface area contributed by atoms with Crippen LogP contribution >= 0.6 is 0 Å². The van der Waals surface area contributed by atoms with Crippen molar-refractivity contribution in [1.82, 2.24) is 9.80 Å². The number of nitrogens with zero attached hydrogens (tertiary/aromatic N) is 3. The van der Waals surface area contributed by atoms with E-state index in [9.17, 15) is 4.79 Å². The molecule has 0 N–H and O–H groups in total. The summed E-state index contributed by atoms with van der Waals surface area (Å²) in [6.45, 7) is 7.37. The molecule has 0 aliphatic carbocycles. The van der Waals surface area contributed by atoms with E-state index in [2.05, 4.69) is 36.6 Å². The van der Waals surface area contributed by atoms with Crippen molar-refractivity contribution < 1.29 is 4.79 Å². The van der Waals surface area contributed by atoms with Crippen LogP contribution < -0.4 is 0 Å². The van der Waals surface area contributed by atoms with E-state index in [0.29, 0.717) is 19.0 Å². The van der Waals surface area contributed by atoms with Gasteiger partial charge in [0.2, 0.25) is 6.08 Å². The van der Waals surface area contributed by atoms with Gasteiger partial charge in [0.25, 0.3) is 0 Å². The maximum absolute atomic E-state index is 10.2. The van der Waals surface area contributed by atoms with Gasteiger partial charge in [0.05, 0.1) is 13.2 Å². The summed E-state index contributed by atoms with van der Waals surface area (Å²) < 4.78 is 0. The molecule has 1 aliphatic rings. The molecule has 1 rings (SSSR count). The van der Waals surface area contributed by atoms with E-state index in [1.807, 2.05) is 11.1 Å². The predicted molar refractivity (Wildman–Crippen MR) is 58.2 cm³/mol. The fourth-order valence-corrected chi connectivity index (χ4v) is 1.31. The molecule has 0 saturated heterocycles. The highest BCUT2D eigenvalue weighted by Gasteiger charge is 2.27. The summed E-state index contributed by atoms with van der Waals surface area (Å²) in [4.78, 5) is 17.8. The lowest BCUT2D eigenvalue weighted by molar-refractivity contribution is 0.166. The first-order chi connectivity index (χ1) is 6.99. The van der Waals surface area contributed by atoms with E-state index in [4.69, 9.17) is 6.42 Å². The van der Waals surface area contributed by atoms with Crippen molar-refractivity contribution in [2.75, 3.05) is 13.2 Å². The van der Waals surface area contributed by atoms with Crippen LogP contribution in [0.2, 0.25) is 0 Å². The second-order valence-electron chi connectivity index (χ2n) is 4.37. The van der Waals surface area contributed by atoms with Crippen molar-refractivity contribution in [3.63, 3.8) is 0 Å². The third kappa shape index (κ3) is 2.61. The molecule has 4 heteroatoms. The van der Waals surface area contributed by atoms with E-state index < -0.39 is 0 Å². The molecule has 15 heavy (non-hydrogen) atoms. The Balaban J connectivity index is 2.88. The molecular weight excluding hydrogens is 190 g/mol. The number of hydrogen-bond donors (Lipinski definition) is 0. The monoisotopic (exact) mass is 205 g/mol. The Morgan fingerprint density at radius 3 is 2.73 bits per heavy atom. The number of isocyanates is 1. The van der Waals surface area contributed by atoms with Crippen molar-refractivity contribution in [2.24, 2.45) is 4.99 Å². The van der Waals surface area contributed by atoms with Gasteiger partial charge in [-0.3, -0.25) is 0 Å². The minimum absolute atomic E-state index is 0.00694. The molecule has 0 aromatic rings. The van der Waals surface area contributed by atoms with Crippen molar-refractivity contribution in [1.29, 1.82) is 0 Å². The number of terminal acetylenes is 1. The van der Waals surface area contributed by atoms with Crippen LogP contribution in [0.1, 0.15) is 20.8 Å². The van der Waals surface area contributed by atoms with E-state index in [0.717, 1.165) is 0 Å². The van der Waals surface area contributed by atoms with Gasteiger partial charge < -0.3 is 9.80 Å². The minimum atomic E-state index is -0.00694. The Hall–Kier alpha value is -1.72. The minimum Gasteiger partial charge on any atom is -0.352 e. The molecule has 1 aliphatic heterocycles. The summed E-state index contributed by atoms with van der Waals surface area (Å²) in [5.74, 6) is 3.12. The lowest BCUT2D eigenvalue weighted by atomic mass is 10.1. The summed E-state index contributed by atoms with van der Waals surface area (Å²) in [5.41, 5.74) is -0.00694. The zero-order valence-corrected chi connectivity index (χ0v) is 9.32. The molecule has 0 aromatic heterocycles. The van der Waals surface area contributed by atoms with Crippen molar-refractivity contribution in [3.8, 4) is 12.3 Å². The smallest absolute Gasteiger partial charge is 0.242 e. The highest BCUT2D eigenvalue weighted by atomic mass is 16.1. The summed E-state index contributed by atoms with van der Waals surface area (Å²) in [6.07, 6.45) is 8.62. The molecular formula is C11H15N3O. The fraction of sp³-hybridized carbons (Fsp3) is 0.545. The Morgan fingerprint density at radius 1 is 1.60 bits per heavy atom. The first-order valence-corrected chi connectivity index (χ1v) is 4.74. The van der Waals surface area contributed by atoms with Crippen LogP contribution in [0.5, 0.6) is 0 Å². The van der Waals surface area contributed by atoms with Gasteiger partial charge in [-0.25, -0.2) is 4.79 Å². The van der Waals surface area contributed by atoms with Crippen LogP contribution in [-0.4, -0.2) is 34.6 Å². The van der Waals surface area contributed by atoms with Crippen LogP contribution in [0.3, 0.4) is 0 Å². The maximum Gasteiger partial charge on any atom is 0.242 e. The summed E-state index contributed by atoms with van der Waals surface area (Å²) in [6, 6.07) is 0. The summed E-state index contributed by atoms with van der Waals surface area (Å²) in [7, 11) is 0. The van der Waals surface area contributed by atoms with Gasteiger partial charge in [0, 0.05) is 11.7 Å². The van der Waals surface area contributed by atoms with Gasteiger partial charge in [0.15, 0.2) is 5.82 Å². The molecule has 4 nitrogen and oxygen atoms in total. The molecule has 0 spiro atoms. The third-order valence-corrected chi connectivity index (χ3v) is 2.22. The van der Waals surface area contributed by atoms with Gasteiger partial charge in [-0.1, -0.05) is 5.92 Å². The Bertz CT molecular complexity index is 353. The molecule has 0 saturated carbocycles. The first-order valence-electron chi connectivity index (χ1n) is 4.74. The highest BCUT2D eigenvalue weighted by Crippen LogP contribution is 2.23. The number of hydrogen-bond acceptors (Lipinski definition) is 4. The average Bonchev–Trinajstić information content (AvgIpc) is 2.50. The zero-order chi connectivity index (χ0) is 11.5. The van der Waals surface area contributed by atoms with Crippen molar-refractivity contribution >= 4 is 6.08 Å². The molecule has 80 valence electrons. The van der Waals surface area contributed by atoms with Gasteiger partial charge in [-0.15, -0.1) is 11.4 Å². The highest BCUT2D eigenvalue weighted by molar-refractivity contribution is 5.37. The van der Waals surface area contributed by atoms with E-state index in [1.165, 1.54) is 6.08 Å². The molecule has 0 amide bonds. The van der Waals surface area contributed by atoms with E-state index in [-0.39, 0.29) is 5.54 Å². The summed E-state index contributed by atoms with van der Waals surface area (Å²) in [5, 5.41) is 0. The molecule has 0 bridgehead atoms. The number of aliphatic imine (C=N–C) groups is 1. The Labute approximate surface area is 90.3 Å². The topological polar surface area (TPSA) is 35.9 Å². The molecule has 0 atom stereocenters. The van der Waals surface area contributed by atoms with Crippen LogP contribution in [-0.2, 0) is 4.79 Å². The third-order valence-electron chi connectivity index (χ3n) is 2.22. The molecule has 0 unspecified atom stereocenters. The molecule has 0 aromatic carbocycles. The summed E-state index contributed by atoms with van der Waals surface area (Å²) >= 11 is 0. The zero-order valence-electron chi connectivity index (χ0n) is 9.32. The second kappa shape index (κ2) is 4.20. The second-order valence-corrected chi connectivity index (χ2v) is 4.37. The first kappa shape index (κ1) is 11.4. The number of carbonyl (C=O) groups excluding carboxylic acids is 1. The van der Waals surface area contributed by atoms with Crippen LogP contribution in [0, 0.1) is 12.3 Å². The SMILES string of the molecule is C#CCN1CN(C(C)(C)C)C=C1N=C=O. The Kier molecular flexibility index (Phi) is 3.18. The lowest BCUT2D eigenvalue weighted by Crippen LogP contribution is -2.39. The van der Waals surface area contributed by atoms with Crippen LogP contribution in [0.4, 0.5) is 0 Å². The van der Waals surface area contributed by atoms with Crippen molar-refractivity contribution in [3.05, 3.63) is 12.0 Å². The maximum atomic E-state index is 10.2. The lowest BCUT2D eigenvalue weighted by Gasteiger charge is -2.32. The standard InChI is InChI=1S/C11H15N3O/c1-5-6-13-9-14(11(2,3)4)7-10(13)12-8-15/h1,7H,6,9H2,2-4H3. The number of rotatable bonds is 2. The molecule has 0 radical (unpaired) electrons. The van der Waals surface area contributed by atoms with Gasteiger partial charge >= 0.3 is 0 Å². The predicted octanol–water partition coefficient (Wildman–Crippen LogP) is 1.13. The average molecular weight is 205 g/mol. The quantitative estimate of drug-likeness (QED) is 0.385. The fourth-order valence-electron chi connectivity index (χ4n) is 1.31.